The second-order valence-corrected chi connectivity index (χ2v) is 1.61. The molecule has 0 heterocycles. The molecular formula is C6H10N2O. The summed E-state index contributed by atoms with van der Waals surface area (Å²) in [4.78, 5) is 0. The second kappa shape index (κ2) is 5.10. The van der Waals surface area contributed by atoms with Crippen LogP contribution in [0, 0.1) is 16.7 Å². The van der Waals surface area contributed by atoms with Crippen molar-refractivity contribution in [3.05, 3.63) is 0 Å². The largest absolute Gasteiger partial charge is 0.480 e. The van der Waals surface area contributed by atoms with Crippen molar-refractivity contribution in [2.24, 2.45) is 0 Å². The maximum atomic E-state index is 8.07. The smallest absolute Gasteiger partial charge is 0.194 e. The summed E-state index contributed by atoms with van der Waals surface area (Å²) in [6.45, 7) is 2.50. The van der Waals surface area contributed by atoms with Crippen molar-refractivity contribution in [1.29, 1.82) is 10.7 Å². The Morgan fingerprint density at radius 3 is 2.89 bits per heavy atom. The van der Waals surface area contributed by atoms with Gasteiger partial charge in [0.2, 0.25) is 0 Å². The molecule has 0 aromatic heterocycles. The van der Waals surface area contributed by atoms with Crippen molar-refractivity contribution in [1.82, 2.24) is 0 Å². The minimum Gasteiger partial charge on any atom is -0.480 e. The Bertz CT molecular complexity index is 126. The van der Waals surface area contributed by atoms with Gasteiger partial charge in [-0.15, -0.1) is 0 Å². The summed E-state index contributed by atoms with van der Waals surface area (Å²) in [6, 6.07) is 1.83. The van der Waals surface area contributed by atoms with Gasteiger partial charge in [0.15, 0.2) is 5.90 Å². The molecular weight excluding hydrogens is 116 g/mol. The van der Waals surface area contributed by atoms with E-state index in [9.17, 15) is 0 Å². The molecule has 0 amide bonds. The maximum Gasteiger partial charge on any atom is 0.194 e. The molecule has 3 heteroatoms. The molecule has 0 aliphatic heterocycles. The van der Waals surface area contributed by atoms with Crippen molar-refractivity contribution in [2.45, 2.75) is 19.8 Å². The first-order valence-corrected chi connectivity index (χ1v) is 2.88. The van der Waals surface area contributed by atoms with Gasteiger partial charge in [0.1, 0.15) is 6.42 Å². The quantitative estimate of drug-likeness (QED) is 0.457. The lowest BCUT2D eigenvalue weighted by molar-refractivity contribution is 0.296. The molecule has 0 fully saturated rings. The first kappa shape index (κ1) is 7.96. The Kier molecular flexibility index (Phi) is 4.51. The number of nitrogens with one attached hydrogen (secondary N) is 1. The molecule has 0 radical (unpaired) electrons. The zero-order chi connectivity index (χ0) is 7.11. The van der Waals surface area contributed by atoms with Crippen LogP contribution in [-0.4, -0.2) is 12.5 Å². The van der Waals surface area contributed by atoms with E-state index in [1.54, 1.807) is 0 Å². The Labute approximate surface area is 54.8 Å². The lowest BCUT2D eigenvalue weighted by Gasteiger charge is -1.99. The molecule has 0 saturated carbocycles. The number of nitriles is 1. The fourth-order valence-corrected chi connectivity index (χ4v) is 0.348. The third kappa shape index (κ3) is 4.82. The molecule has 0 aromatic rings. The van der Waals surface area contributed by atoms with Gasteiger partial charge in [-0.25, -0.2) is 0 Å². The monoisotopic (exact) mass is 126 g/mol. The third-order valence-corrected chi connectivity index (χ3v) is 0.720. The number of hydrogen-bond acceptors (Lipinski definition) is 3. The minimum absolute atomic E-state index is 0.0688. The maximum absolute atomic E-state index is 8.07. The van der Waals surface area contributed by atoms with Crippen LogP contribution in [0.25, 0.3) is 0 Å². The molecule has 0 aromatic carbocycles. The molecule has 0 spiro atoms. The number of ether oxygens (including phenoxy) is 1. The van der Waals surface area contributed by atoms with Gasteiger partial charge in [-0.2, -0.15) is 5.26 Å². The summed E-state index contributed by atoms with van der Waals surface area (Å²) in [7, 11) is 0. The Morgan fingerprint density at radius 2 is 2.44 bits per heavy atom. The highest BCUT2D eigenvalue weighted by molar-refractivity contribution is 5.74. The second-order valence-electron chi connectivity index (χ2n) is 1.61. The van der Waals surface area contributed by atoms with Crippen LogP contribution in [-0.2, 0) is 4.74 Å². The molecule has 0 unspecified atom stereocenters. The molecule has 3 nitrogen and oxygen atoms in total. The van der Waals surface area contributed by atoms with Crippen molar-refractivity contribution in [2.75, 3.05) is 6.61 Å². The lowest BCUT2D eigenvalue weighted by atomic mass is 10.4. The number of hydrogen-bond donors (Lipinski definition) is 1. The molecule has 0 aliphatic rings. The highest BCUT2D eigenvalue weighted by Crippen LogP contribution is 1.86. The van der Waals surface area contributed by atoms with Gasteiger partial charge in [0.25, 0.3) is 0 Å². The average molecular weight is 126 g/mol. The zero-order valence-electron chi connectivity index (χ0n) is 5.48. The van der Waals surface area contributed by atoms with Crippen LogP contribution in [0.15, 0.2) is 0 Å². The zero-order valence-corrected chi connectivity index (χ0v) is 5.48. The van der Waals surface area contributed by atoms with E-state index < -0.39 is 0 Å². The highest BCUT2D eigenvalue weighted by atomic mass is 16.5. The van der Waals surface area contributed by atoms with Crippen LogP contribution < -0.4 is 0 Å². The number of nitrogens with zero attached hydrogens (tertiary/aromatic N) is 1. The first-order valence-electron chi connectivity index (χ1n) is 2.88. The fourth-order valence-electron chi connectivity index (χ4n) is 0.348. The normalized spacial score (nSPS) is 8.00. The first-order chi connectivity index (χ1) is 4.31. The van der Waals surface area contributed by atoms with Crippen LogP contribution in [0.1, 0.15) is 19.8 Å². The molecule has 0 bridgehead atoms. The van der Waals surface area contributed by atoms with Gasteiger partial charge >= 0.3 is 0 Å². The summed E-state index contributed by atoms with van der Waals surface area (Å²) >= 11 is 0. The summed E-state index contributed by atoms with van der Waals surface area (Å²) in [6.07, 6.45) is 0.966. The van der Waals surface area contributed by atoms with Crippen LogP contribution in [0.3, 0.4) is 0 Å². The summed E-state index contributed by atoms with van der Waals surface area (Å²) in [5, 5.41) is 15.0. The Morgan fingerprint density at radius 1 is 1.78 bits per heavy atom. The van der Waals surface area contributed by atoms with E-state index in [0.717, 1.165) is 6.42 Å². The van der Waals surface area contributed by atoms with E-state index in [2.05, 4.69) is 0 Å². The molecule has 0 saturated heterocycles. The van der Waals surface area contributed by atoms with Crippen LogP contribution in [0.2, 0.25) is 0 Å². The third-order valence-electron chi connectivity index (χ3n) is 0.720. The minimum atomic E-state index is 0.0688. The van der Waals surface area contributed by atoms with Crippen molar-refractivity contribution in [3.63, 3.8) is 0 Å². The van der Waals surface area contributed by atoms with Crippen molar-refractivity contribution >= 4 is 5.90 Å². The van der Waals surface area contributed by atoms with Gasteiger partial charge in [-0.1, -0.05) is 6.92 Å². The van der Waals surface area contributed by atoms with Crippen molar-refractivity contribution < 1.29 is 4.74 Å². The van der Waals surface area contributed by atoms with Crippen molar-refractivity contribution in [3.8, 4) is 6.07 Å². The topological polar surface area (TPSA) is 56.9 Å². The number of rotatable bonds is 3. The molecule has 9 heavy (non-hydrogen) atoms. The fraction of sp³-hybridized carbons (Fsp3) is 0.667. The molecule has 50 valence electrons. The molecule has 0 rings (SSSR count). The van der Waals surface area contributed by atoms with E-state index in [0.29, 0.717) is 6.61 Å². The Hall–Kier alpha value is -1.04. The molecule has 0 atom stereocenters. The predicted molar refractivity (Wildman–Crippen MR) is 34.2 cm³/mol. The highest BCUT2D eigenvalue weighted by Gasteiger charge is 1.92. The Balaban J connectivity index is 3.19. The van der Waals surface area contributed by atoms with E-state index in [1.807, 2.05) is 13.0 Å². The predicted octanol–water partition coefficient (Wildman–Crippen LogP) is 1.30. The average Bonchev–Trinajstić information content (AvgIpc) is 1.85. The summed E-state index contributed by atoms with van der Waals surface area (Å²) in [5.74, 6) is 0.0688. The lowest BCUT2D eigenvalue weighted by Crippen LogP contribution is -2.02. The van der Waals surface area contributed by atoms with E-state index in [4.69, 9.17) is 15.4 Å². The van der Waals surface area contributed by atoms with Gasteiger partial charge in [-0.05, 0) is 6.42 Å². The van der Waals surface area contributed by atoms with Gasteiger partial charge in [-0.3, -0.25) is 5.41 Å². The van der Waals surface area contributed by atoms with E-state index in [1.165, 1.54) is 0 Å². The van der Waals surface area contributed by atoms with Gasteiger partial charge in [0.05, 0.1) is 12.7 Å². The van der Waals surface area contributed by atoms with E-state index >= 15 is 0 Å². The standard InChI is InChI=1S/C6H10N2O/c1-2-5-9-6(8)3-4-7/h8H,2-3,5H2,1H3. The molecule has 1 N–H and O–H groups in total. The van der Waals surface area contributed by atoms with Gasteiger partial charge < -0.3 is 4.74 Å². The summed E-state index contributed by atoms with van der Waals surface area (Å²) in [5.41, 5.74) is 0. The van der Waals surface area contributed by atoms with Gasteiger partial charge in [0, 0.05) is 0 Å². The summed E-state index contributed by atoms with van der Waals surface area (Å²) < 4.78 is 4.79. The van der Waals surface area contributed by atoms with Crippen LogP contribution in [0.5, 0.6) is 0 Å². The van der Waals surface area contributed by atoms with Crippen LogP contribution in [0.4, 0.5) is 0 Å². The van der Waals surface area contributed by atoms with Crippen LogP contribution >= 0.6 is 0 Å². The SMILES string of the molecule is CCCOC(=N)CC#N. The van der Waals surface area contributed by atoms with E-state index in [-0.39, 0.29) is 12.3 Å². The molecule has 0 aliphatic carbocycles.